The maximum atomic E-state index is 12.2. The monoisotopic (exact) mass is 276 g/mol. The van der Waals surface area contributed by atoms with Crippen LogP contribution in [0.15, 0.2) is 18.2 Å². The predicted octanol–water partition coefficient (Wildman–Crippen LogP) is 2.09. The molecule has 110 valence electrons. The van der Waals surface area contributed by atoms with Crippen LogP contribution in [0.3, 0.4) is 0 Å². The average Bonchev–Trinajstić information content (AvgIpc) is 2.43. The van der Waals surface area contributed by atoms with E-state index in [4.69, 9.17) is 0 Å². The van der Waals surface area contributed by atoms with Gasteiger partial charge in [0.25, 0.3) is 0 Å². The molecule has 1 atom stereocenters. The standard InChI is InChI=1S/C16H24N2O2/c1-12-6-7-13(2)15(9-12)17-16(20)10-18-8-4-3-5-14(18)11-19/h6-7,9,14,19H,3-5,8,10-11H2,1-2H3,(H,17,20). The van der Waals surface area contributed by atoms with Gasteiger partial charge < -0.3 is 10.4 Å². The van der Waals surface area contributed by atoms with Gasteiger partial charge in [-0.1, -0.05) is 18.6 Å². The fraction of sp³-hybridized carbons (Fsp3) is 0.562. The number of benzene rings is 1. The second kappa shape index (κ2) is 6.86. The summed E-state index contributed by atoms with van der Waals surface area (Å²) in [5, 5.41) is 12.4. The van der Waals surface area contributed by atoms with Gasteiger partial charge in [0.05, 0.1) is 13.2 Å². The van der Waals surface area contributed by atoms with Gasteiger partial charge in [-0.05, 0) is 50.4 Å². The summed E-state index contributed by atoms with van der Waals surface area (Å²) < 4.78 is 0. The van der Waals surface area contributed by atoms with Crippen LogP contribution in [-0.4, -0.2) is 41.7 Å². The fourth-order valence-corrected chi connectivity index (χ4v) is 2.72. The van der Waals surface area contributed by atoms with Crippen LogP contribution >= 0.6 is 0 Å². The van der Waals surface area contributed by atoms with Crippen molar-refractivity contribution in [2.75, 3.05) is 25.0 Å². The summed E-state index contributed by atoms with van der Waals surface area (Å²) in [6.45, 7) is 5.40. The number of likely N-dealkylation sites (tertiary alicyclic amines) is 1. The van der Waals surface area contributed by atoms with E-state index in [9.17, 15) is 9.90 Å². The molecule has 1 unspecified atom stereocenters. The van der Waals surface area contributed by atoms with Crippen LogP contribution in [-0.2, 0) is 4.79 Å². The van der Waals surface area contributed by atoms with Crippen LogP contribution in [0.4, 0.5) is 5.69 Å². The molecule has 1 aliphatic rings. The topological polar surface area (TPSA) is 52.6 Å². The zero-order valence-electron chi connectivity index (χ0n) is 12.4. The molecule has 4 nitrogen and oxygen atoms in total. The van der Waals surface area contributed by atoms with Crippen molar-refractivity contribution in [3.63, 3.8) is 0 Å². The fourth-order valence-electron chi connectivity index (χ4n) is 2.72. The maximum Gasteiger partial charge on any atom is 0.238 e. The first kappa shape index (κ1) is 15.0. The highest BCUT2D eigenvalue weighted by molar-refractivity contribution is 5.93. The van der Waals surface area contributed by atoms with Crippen molar-refractivity contribution in [2.45, 2.75) is 39.2 Å². The number of carbonyl (C=O) groups excluding carboxylic acids is 1. The molecule has 2 N–H and O–H groups in total. The summed E-state index contributed by atoms with van der Waals surface area (Å²) in [7, 11) is 0. The molecule has 1 fully saturated rings. The van der Waals surface area contributed by atoms with Gasteiger partial charge in [0, 0.05) is 11.7 Å². The second-order valence-electron chi connectivity index (χ2n) is 5.67. The van der Waals surface area contributed by atoms with Crippen molar-refractivity contribution in [3.05, 3.63) is 29.3 Å². The molecule has 2 rings (SSSR count). The van der Waals surface area contributed by atoms with E-state index in [1.165, 1.54) is 0 Å². The molecule has 0 saturated carbocycles. The molecule has 0 bridgehead atoms. The smallest absolute Gasteiger partial charge is 0.238 e. The number of aliphatic hydroxyl groups excluding tert-OH is 1. The van der Waals surface area contributed by atoms with Gasteiger partial charge >= 0.3 is 0 Å². The third-order valence-electron chi connectivity index (χ3n) is 3.97. The summed E-state index contributed by atoms with van der Waals surface area (Å²) >= 11 is 0. The van der Waals surface area contributed by atoms with Crippen LogP contribution in [0.5, 0.6) is 0 Å². The highest BCUT2D eigenvalue weighted by atomic mass is 16.3. The number of aliphatic hydroxyl groups is 1. The van der Waals surface area contributed by atoms with Gasteiger partial charge in [0.1, 0.15) is 0 Å². The lowest BCUT2D eigenvalue weighted by molar-refractivity contribution is -0.118. The van der Waals surface area contributed by atoms with E-state index in [2.05, 4.69) is 10.2 Å². The minimum absolute atomic E-state index is 0.000880. The van der Waals surface area contributed by atoms with Crippen LogP contribution in [0.1, 0.15) is 30.4 Å². The van der Waals surface area contributed by atoms with E-state index in [0.717, 1.165) is 42.6 Å². The van der Waals surface area contributed by atoms with Gasteiger partial charge in [0.15, 0.2) is 0 Å². The first-order valence-electron chi connectivity index (χ1n) is 7.32. The minimum Gasteiger partial charge on any atom is -0.395 e. The first-order chi connectivity index (χ1) is 9.60. The molecule has 1 aromatic carbocycles. The lowest BCUT2D eigenvalue weighted by Crippen LogP contribution is -2.45. The average molecular weight is 276 g/mol. The molecule has 1 amide bonds. The number of hydrogen-bond acceptors (Lipinski definition) is 3. The molecule has 1 aliphatic heterocycles. The van der Waals surface area contributed by atoms with Crippen LogP contribution in [0, 0.1) is 13.8 Å². The summed E-state index contributed by atoms with van der Waals surface area (Å²) in [5.74, 6) is -0.000880. The van der Waals surface area contributed by atoms with Crippen molar-refractivity contribution in [3.8, 4) is 0 Å². The Morgan fingerprint density at radius 1 is 1.40 bits per heavy atom. The Morgan fingerprint density at radius 2 is 2.20 bits per heavy atom. The zero-order valence-corrected chi connectivity index (χ0v) is 12.4. The summed E-state index contributed by atoms with van der Waals surface area (Å²) in [6.07, 6.45) is 3.22. The van der Waals surface area contributed by atoms with Gasteiger partial charge in [-0.25, -0.2) is 0 Å². The molecular formula is C16H24N2O2. The van der Waals surface area contributed by atoms with Crippen molar-refractivity contribution < 1.29 is 9.90 Å². The second-order valence-corrected chi connectivity index (χ2v) is 5.67. The molecule has 1 aromatic rings. The Kier molecular flexibility index (Phi) is 5.15. The number of aryl methyl sites for hydroxylation is 2. The first-order valence-corrected chi connectivity index (χ1v) is 7.32. The van der Waals surface area contributed by atoms with Gasteiger partial charge in [-0.2, -0.15) is 0 Å². The molecule has 0 radical (unpaired) electrons. The SMILES string of the molecule is Cc1ccc(C)c(NC(=O)CN2CCCCC2CO)c1. The van der Waals surface area contributed by atoms with E-state index < -0.39 is 0 Å². The van der Waals surface area contributed by atoms with Crippen molar-refractivity contribution in [1.82, 2.24) is 4.90 Å². The molecule has 1 saturated heterocycles. The number of hydrogen-bond donors (Lipinski definition) is 2. The van der Waals surface area contributed by atoms with Crippen molar-refractivity contribution >= 4 is 11.6 Å². The Bertz CT molecular complexity index is 474. The number of nitrogens with one attached hydrogen (secondary N) is 1. The molecule has 4 heteroatoms. The van der Waals surface area contributed by atoms with Crippen LogP contribution < -0.4 is 5.32 Å². The summed E-state index contributed by atoms with van der Waals surface area (Å²) in [4.78, 5) is 14.3. The van der Waals surface area contributed by atoms with Crippen LogP contribution in [0.2, 0.25) is 0 Å². The normalized spacial score (nSPS) is 19.9. The van der Waals surface area contributed by atoms with Gasteiger partial charge in [-0.15, -0.1) is 0 Å². The molecule has 1 heterocycles. The maximum absolute atomic E-state index is 12.2. The van der Waals surface area contributed by atoms with Crippen molar-refractivity contribution in [2.24, 2.45) is 0 Å². The third-order valence-corrected chi connectivity index (χ3v) is 3.97. The Labute approximate surface area is 120 Å². The van der Waals surface area contributed by atoms with E-state index in [1.54, 1.807) is 0 Å². The number of carbonyl (C=O) groups is 1. The Hall–Kier alpha value is -1.39. The zero-order chi connectivity index (χ0) is 14.5. The number of anilines is 1. The number of nitrogens with zero attached hydrogens (tertiary/aromatic N) is 1. The highest BCUT2D eigenvalue weighted by Crippen LogP contribution is 2.18. The number of amides is 1. The van der Waals surface area contributed by atoms with Crippen LogP contribution in [0.25, 0.3) is 0 Å². The molecule has 0 aliphatic carbocycles. The number of rotatable bonds is 4. The minimum atomic E-state index is -0.000880. The largest absolute Gasteiger partial charge is 0.395 e. The van der Waals surface area contributed by atoms with E-state index in [0.29, 0.717) is 6.54 Å². The Balaban J connectivity index is 1.96. The number of piperidine rings is 1. The third kappa shape index (κ3) is 3.81. The summed E-state index contributed by atoms with van der Waals surface area (Å²) in [6, 6.07) is 6.18. The van der Waals surface area contributed by atoms with Gasteiger partial charge in [-0.3, -0.25) is 9.69 Å². The van der Waals surface area contributed by atoms with Gasteiger partial charge in [0.2, 0.25) is 5.91 Å². The van der Waals surface area contributed by atoms with E-state index in [-0.39, 0.29) is 18.6 Å². The predicted molar refractivity (Wildman–Crippen MR) is 80.8 cm³/mol. The highest BCUT2D eigenvalue weighted by Gasteiger charge is 2.23. The molecule has 0 spiro atoms. The quantitative estimate of drug-likeness (QED) is 0.885. The Morgan fingerprint density at radius 3 is 2.95 bits per heavy atom. The van der Waals surface area contributed by atoms with E-state index >= 15 is 0 Å². The van der Waals surface area contributed by atoms with E-state index in [1.807, 2.05) is 32.0 Å². The molecular weight excluding hydrogens is 252 g/mol. The lowest BCUT2D eigenvalue weighted by Gasteiger charge is -2.33. The lowest BCUT2D eigenvalue weighted by atomic mass is 10.0. The molecule has 20 heavy (non-hydrogen) atoms. The molecule has 0 aromatic heterocycles. The summed E-state index contributed by atoms with van der Waals surface area (Å²) in [5.41, 5.74) is 3.09. The van der Waals surface area contributed by atoms with Crippen molar-refractivity contribution in [1.29, 1.82) is 0 Å².